The molecule has 4 heteroatoms. The largest absolute Gasteiger partial charge is 0.384 e. The highest BCUT2D eigenvalue weighted by Crippen LogP contribution is 2.20. The first-order valence-electron chi connectivity index (χ1n) is 4.56. The number of rotatable bonds is 5. The fourth-order valence-corrected chi connectivity index (χ4v) is 2.22. The molecular weight excluding hydrogens is 260 g/mol. The minimum Gasteiger partial charge on any atom is -0.384 e. The lowest BCUT2D eigenvalue weighted by Crippen LogP contribution is -2.13. The van der Waals surface area contributed by atoms with Gasteiger partial charge in [0.15, 0.2) is 0 Å². The van der Waals surface area contributed by atoms with E-state index in [1.165, 1.54) is 5.75 Å². The van der Waals surface area contributed by atoms with Crippen molar-refractivity contribution in [2.45, 2.75) is 6.92 Å². The standard InChI is InChI=1S/C10H15BrN2S/c1-8(7-14-2)5-13-10-3-4-12-6-9(10)11/h3-4,6,8H,5,7H2,1-2H3,(H,12,13). The van der Waals surface area contributed by atoms with Gasteiger partial charge in [-0.15, -0.1) is 0 Å². The molecule has 0 aliphatic heterocycles. The minimum absolute atomic E-state index is 0.685. The van der Waals surface area contributed by atoms with Crippen LogP contribution in [0.5, 0.6) is 0 Å². The van der Waals surface area contributed by atoms with Gasteiger partial charge in [-0.05, 0) is 39.9 Å². The molecule has 14 heavy (non-hydrogen) atoms. The van der Waals surface area contributed by atoms with Gasteiger partial charge in [-0.2, -0.15) is 11.8 Å². The number of hydrogen-bond acceptors (Lipinski definition) is 3. The molecular formula is C10H15BrN2S. The molecule has 1 aromatic heterocycles. The Kier molecular flexibility index (Phi) is 5.33. The molecule has 0 amide bonds. The van der Waals surface area contributed by atoms with E-state index < -0.39 is 0 Å². The summed E-state index contributed by atoms with van der Waals surface area (Å²) in [5, 5.41) is 3.40. The lowest BCUT2D eigenvalue weighted by atomic mass is 10.2. The van der Waals surface area contributed by atoms with Crippen LogP contribution in [0.3, 0.4) is 0 Å². The number of aromatic nitrogens is 1. The van der Waals surface area contributed by atoms with Gasteiger partial charge in [0.2, 0.25) is 0 Å². The first-order chi connectivity index (χ1) is 6.74. The van der Waals surface area contributed by atoms with Crippen molar-refractivity contribution >= 4 is 33.4 Å². The zero-order chi connectivity index (χ0) is 10.4. The third kappa shape index (κ3) is 3.88. The Labute approximate surface area is 98.0 Å². The van der Waals surface area contributed by atoms with Gasteiger partial charge in [-0.25, -0.2) is 0 Å². The maximum atomic E-state index is 4.02. The van der Waals surface area contributed by atoms with Crippen molar-refractivity contribution in [1.82, 2.24) is 4.98 Å². The summed E-state index contributed by atoms with van der Waals surface area (Å²) in [5.41, 5.74) is 1.12. The van der Waals surface area contributed by atoms with Crippen molar-refractivity contribution in [3.8, 4) is 0 Å². The summed E-state index contributed by atoms with van der Waals surface area (Å²) in [6.45, 7) is 3.25. The first-order valence-corrected chi connectivity index (χ1v) is 6.75. The summed E-state index contributed by atoms with van der Waals surface area (Å²) in [5.74, 6) is 1.88. The van der Waals surface area contributed by atoms with Crippen LogP contribution in [0.15, 0.2) is 22.9 Å². The van der Waals surface area contributed by atoms with Crippen molar-refractivity contribution in [1.29, 1.82) is 0 Å². The Morgan fingerprint density at radius 1 is 1.64 bits per heavy atom. The Morgan fingerprint density at radius 3 is 3.07 bits per heavy atom. The van der Waals surface area contributed by atoms with E-state index in [1.807, 2.05) is 24.0 Å². The minimum atomic E-state index is 0.685. The van der Waals surface area contributed by atoms with Crippen LogP contribution in [-0.4, -0.2) is 23.5 Å². The molecule has 0 aliphatic carbocycles. The molecule has 1 aromatic rings. The lowest BCUT2D eigenvalue weighted by Gasteiger charge is -2.12. The molecule has 0 aliphatic rings. The van der Waals surface area contributed by atoms with E-state index >= 15 is 0 Å². The molecule has 1 heterocycles. The summed E-state index contributed by atoms with van der Waals surface area (Å²) < 4.78 is 1.02. The highest BCUT2D eigenvalue weighted by Gasteiger charge is 2.02. The van der Waals surface area contributed by atoms with Gasteiger partial charge in [0.1, 0.15) is 0 Å². The van der Waals surface area contributed by atoms with Gasteiger partial charge < -0.3 is 5.32 Å². The predicted octanol–water partition coefficient (Wildman–Crippen LogP) is 3.26. The zero-order valence-corrected chi connectivity index (χ0v) is 10.9. The van der Waals surface area contributed by atoms with Crippen molar-refractivity contribution in [3.05, 3.63) is 22.9 Å². The van der Waals surface area contributed by atoms with Crippen LogP contribution < -0.4 is 5.32 Å². The Morgan fingerprint density at radius 2 is 2.43 bits per heavy atom. The van der Waals surface area contributed by atoms with E-state index in [0.717, 1.165) is 16.7 Å². The average Bonchev–Trinajstić information content (AvgIpc) is 2.17. The van der Waals surface area contributed by atoms with E-state index in [1.54, 1.807) is 6.20 Å². The normalized spacial score (nSPS) is 12.5. The number of pyridine rings is 1. The number of anilines is 1. The molecule has 1 rings (SSSR count). The van der Waals surface area contributed by atoms with Crippen LogP contribution in [0, 0.1) is 5.92 Å². The fraction of sp³-hybridized carbons (Fsp3) is 0.500. The molecule has 0 bridgehead atoms. The highest BCUT2D eigenvalue weighted by molar-refractivity contribution is 9.10. The molecule has 0 fully saturated rings. The topological polar surface area (TPSA) is 24.9 Å². The maximum absolute atomic E-state index is 4.02. The van der Waals surface area contributed by atoms with E-state index in [9.17, 15) is 0 Å². The third-order valence-electron chi connectivity index (χ3n) is 1.86. The molecule has 78 valence electrons. The summed E-state index contributed by atoms with van der Waals surface area (Å²) in [4.78, 5) is 4.02. The van der Waals surface area contributed by atoms with Crippen molar-refractivity contribution < 1.29 is 0 Å². The van der Waals surface area contributed by atoms with Crippen LogP contribution in [-0.2, 0) is 0 Å². The van der Waals surface area contributed by atoms with Gasteiger partial charge in [0.25, 0.3) is 0 Å². The first kappa shape index (κ1) is 11.9. The second-order valence-electron chi connectivity index (χ2n) is 3.30. The number of thioether (sulfide) groups is 1. The molecule has 0 spiro atoms. The Hall–Kier alpha value is -0.220. The van der Waals surface area contributed by atoms with Crippen molar-refractivity contribution in [2.24, 2.45) is 5.92 Å². The Bertz CT molecular complexity index is 281. The lowest BCUT2D eigenvalue weighted by molar-refractivity contribution is 0.701. The van der Waals surface area contributed by atoms with Gasteiger partial charge >= 0.3 is 0 Å². The smallest absolute Gasteiger partial charge is 0.0590 e. The number of nitrogens with zero attached hydrogens (tertiary/aromatic N) is 1. The van der Waals surface area contributed by atoms with E-state index in [4.69, 9.17) is 0 Å². The van der Waals surface area contributed by atoms with Crippen molar-refractivity contribution in [3.63, 3.8) is 0 Å². The summed E-state index contributed by atoms with van der Waals surface area (Å²) in [6, 6.07) is 1.98. The molecule has 0 saturated carbocycles. The number of halogens is 1. The van der Waals surface area contributed by atoms with Crippen LogP contribution >= 0.6 is 27.7 Å². The van der Waals surface area contributed by atoms with Crippen LogP contribution in [0.25, 0.3) is 0 Å². The molecule has 0 radical (unpaired) electrons. The highest BCUT2D eigenvalue weighted by atomic mass is 79.9. The van der Waals surface area contributed by atoms with Gasteiger partial charge in [0, 0.05) is 18.9 Å². The molecule has 0 saturated heterocycles. The second kappa shape index (κ2) is 6.30. The van der Waals surface area contributed by atoms with E-state index in [2.05, 4.69) is 39.4 Å². The van der Waals surface area contributed by atoms with Crippen LogP contribution in [0.2, 0.25) is 0 Å². The fourth-order valence-electron chi connectivity index (χ4n) is 1.15. The summed E-state index contributed by atoms with van der Waals surface area (Å²) in [6.07, 6.45) is 5.74. The monoisotopic (exact) mass is 274 g/mol. The predicted molar refractivity (Wildman–Crippen MR) is 68.0 cm³/mol. The molecule has 1 atom stereocenters. The molecule has 1 unspecified atom stereocenters. The van der Waals surface area contributed by atoms with Crippen LogP contribution in [0.1, 0.15) is 6.92 Å². The third-order valence-corrected chi connectivity index (χ3v) is 3.40. The number of nitrogens with one attached hydrogen (secondary N) is 1. The Balaban J connectivity index is 2.41. The maximum Gasteiger partial charge on any atom is 0.0590 e. The average molecular weight is 275 g/mol. The van der Waals surface area contributed by atoms with Gasteiger partial charge in [-0.3, -0.25) is 4.98 Å². The van der Waals surface area contributed by atoms with E-state index in [0.29, 0.717) is 5.92 Å². The SMILES string of the molecule is CSCC(C)CNc1ccncc1Br. The van der Waals surface area contributed by atoms with Crippen LogP contribution in [0.4, 0.5) is 5.69 Å². The molecule has 1 N–H and O–H groups in total. The van der Waals surface area contributed by atoms with Gasteiger partial charge in [0.05, 0.1) is 10.2 Å². The summed E-state index contributed by atoms with van der Waals surface area (Å²) >= 11 is 5.34. The van der Waals surface area contributed by atoms with Gasteiger partial charge in [-0.1, -0.05) is 6.92 Å². The molecule has 2 nitrogen and oxygen atoms in total. The van der Waals surface area contributed by atoms with Crippen molar-refractivity contribution in [2.75, 3.05) is 23.9 Å². The summed E-state index contributed by atoms with van der Waals surface area (Å²) in [7, 11) is 0. The zero-order valence-electron chi connectivity index (χ0n) is 8.46. The van der Waals surface area contributed by atoms with E-state index in [-0.39, 0.29) is 0 Å². The second-order valence-corrected chi connectivity index (χ2v) is 5.06. The number of hydrogen-bond donors (Lipinski definition) is 1. The molecule has 0 aromatic carbocycles. The quantitative estimate of drug-likeness (QED) is 0.892.